The Bertz CT molecular complexity index is 1050. The molecule has 0 radical (unpaired) electrons. The quantitative estimate of drug-likeness (QED) is 0.232. The van der Waals surface area contributed by atoms with Crippen LogP contribution < -0.4 is 0 Å². The smallest absolute Gasteiger partial charge is 0.338 e. The van der Waals surface area contributed by atoms with E-state index >= 15 is 0 Å². The van der Waals surface area contributed by atoms with Crippen LogP contribution in [0.4, 0.5) is 0 Å². The van der Waals surface area contributed by atoms with Gasteiger partial charge in [0.2, 0.25) is 0 Å². The van der Waals surface area contributed by atoms with E-state index < -0.39 is 48.9 Å². The van der Waals surface area contributed by atoms with Crippen LogP contribution in [0.2, 0.25) is 0 Å². The topological polar surface area (TPSA) is 146 Å². The maximum absolute atomic E-state index is 12.6. The van der Waals surface area contributed by atoms with Gasteiger partial charge in [0.05, 0.1) is 19.3 Å². The molecular formula is C33H52O9. The monoisotopic (exact) mass is 592 g/mol. The number of rotatable bonds is 6. The van der Waals surface area contributed by atoms with Crippen LogP contribution in [0.3, 0.4) is 0 Å². The molecule has 9 nitrogen and oxygen atoms in total. The van der Waals surface area contributed by atoms with Crippen molar-refractivity contribution in [2.45, 2.75) is 128 Å². The lowest BCUT2D eigenvalue weighted by Crippen LogP contribution is -2.53. The summed E-state index contributed by atoms with van der Waals surface area (Å²) in [7, 11) is 0. The first-order chi connectivity index (χ1) is 19.8. The zero-order chi connectivity index (χ0) is 30.2. The summed E-state index contributed by atoms with van der Waals surface area (Å²) < 4.78 is 19.0. The summed E-state index contributed by atoms with van der Waals surface area (Å²) in [6.45, 7) is 9.57. The Labute approximate surface area is 249 Å². The maximum Gasteiger partial charge on any atom is 0.338 e. The summed E-state index contributed by atoms with van der Waals surface area (Å²) in [5.41, 5.74) is 1.62. The molecule has 0 bridgehead atoms. The normalized spacial score (nSPS) is 49.1. The van der Waals surface area contributed by atoms with E-state index in [0.717, 1.165) is 32.3 Å². The first-order valence-corrected chi connectivity index (χ1v) is 16.4. The number of hydrogen-bond donors (Lipinski definition) is 5. The lowest BCUT2D eigenvalue weighted by Gasteiger charge is -2.58. The predicted molar refractivity (Wildman–Crippen MR) is 153 cm³/mol. The summed E-state index contributed by atoms with van der Waals surface area (Å²) in [4.78, 5) is 12.6. The fraction of sp³-hybridized carbons (Fsp3) is 0.909. The fourth-order valence-corrected chi connectivity index (χ4v) is 10.6. The molecule has 5 fully saturated rings. The summed E-state index contributed by atoms with van der Waals surface area (Å²) in [6, 6.07) is 0. The minimum atomic E-state index is -2.01. The Morgan fingerprint density at radius 1 is 1.05 bits per heavy atom. The molecule has 2 aliphatic heterocycles. The van der Waals surface area contributed by atoms with Gasteiger partial charge < -0.3 is 39.7 Å². The molecule has 15 atom stereocenters. The minimum absolute atomic E-state index is 0.0424. The van der Waals surface area contributed by atoms with E-state index in [0.29, 0.717) is 48.3 Å². The second-order valence-corrected chi connectivity index (χ2v) is 15.3. The Morgan fingerprint density at radius 2 is 1.81 bits per heavy atom. The van der Waals surface area contributed by atoms with E-state index in [1.165, 1.54) is 24.8 Å². The zero-order valence-electron chi connectivity index (χ0n) is 25.7. The maximum atomic E-state index is 12.6. The number of aliphatic hydroxyl groups is 5. The third-order valence-electron chi connectivity index (χ3n) is 13.1. The molecule has 0 aromatic carbocycles. The molecule has 5 N–H and O–H groups in total. The highest BCUT2D eigenvalue weighted by Gasteiger charge is 2.68. The van der Waals surface area contributed by atoms with E-state index in [1.807, 2.05) is 0 Å². The molecule has 1 spiro atoms. The number of hydrogen-bond acceptors (Lipinski definition) is 9. The van der Waals surface area contributed by atoms with Gasteiger partial charge in [0.25, 0.3) is 0 Å². The van der Waals surface area contributed by atoms with Gasteiger partial charge in [-0.3, -0.25) is 0 Å². The van der Waals surface area contributed by atoms with Crippen molar-refractivity contribution in [3.05, 3.63) is 11.6 Å². The van der Waals surface area contributed by atoms with Gasteiger partial charge in [-0.05, 0) is 85.4 Å². The highest BCUT2D eigenvalue weighted by atomic mass is 16.7. The van der Waals surface area contributed by atoms with Crippen LogP contribution in [0.15, 0.2) is 11.6 Å². The molecule has 2 saturated heterocycles. The molecule has 3 saturated carbocycles. The Morgan fingerprint density at radius 3 is 2.50 bits per heavy atom. The second-order valence-electron chi connectivity index (χ2n) is 15.3. The van der Waals surface area contributed by atoms with Crippen molar-refractivity contribution in [2.24, 2.45) is 46.3 Å². The summed E-state index contributed by atoms with van der Waals surface area (Å²) in [5, 5.41) is 48.8. The van der Waals surface area contributed by atoms with E-state index in [1.54, 1.807) is 0 Å². The molecule has 6 rings (SSSR count). The van der Waals surface area contributed by atoms with Crippen molar-refractivity contribution in [3.63, 3.8) is 0 Å². The number of allylic oxidation sites excluding steroid dienone is 1. The van der Waals surface area contributed by atoms with Gasteiger partial charge in [-0.15, -0.1) is 0 Å². The number of carbonyl (C=O) groups excluding carboxylic acids is 1. The van der Waals surface area contributed by atoms with Crippen LogP contribution in [-0.2, 0) is 19.0 Å². The molecule has 238 valence electrons. The molecular weight excluding hydrogens is 540 g/mol. The average Bonchev–Trinajstić information content (AvgIpc) is 3.42. The highest BCUT2D eigenvalue weighted by molar-refractivity contribution is 5.75. The third-order valence-corrected chi connectivity index (χ3v) is 13.1. The molecule has 0 unspecified atom stereocenters. The van der Waals surface area contributed by atoms with E-state index in [4.69, 9.17) is 19.3 Å². The van der Waals surface area contributed by atoms with Crippen molar-refractivity contribution in [3.8, 4) is 0 Å². The van der Waals surface area contributed by atoms with Gasteiger partial charge in [0.15, 0.2) is 11.9 Å². The van der Waals surface area contributed by atoms with Crippen LogP contribution in [-0.4, -0.2) is 87.1 Å². The molecule has 6 aliphatic rings. The van der Waals surface area contributed by atoms with Crippen molar-refractivity contribution < 1.29 is 44.5 Å². The van der Waals surface area contributed by atoms with Crippen LogP contribution in [0.1, 0.15) is 85.5 Å². The third kappa shape index (κ3) is 4.72. The standard InChI is InChI=1S/C33H52O9/c1-17-7-12-33(40-16-17)18(2)26-25(42-33)14-23-21-6-5-19-13-20(8-10-31(19,3)22(21)9-11-32(23,26)4)41-30(39)29(38)28(37)27(36)24(35)15-34/h5,17-18,20-29,34-38H,6-16H2,1-4H3/t17-,18+,20+,21-,22+,23+,24-,25+,26+,27-,28+,29-,31+,32+,33-/m1/s1. The van der Waals surface area contributed by atoms with Crippen LogP contribution >= 0.6 is 0 Å². The number of aliphatic hydroxyl groups excluding tert-OH is 5. The van der Waals surface area contributed by atoms with Gasteiger partial charge in [-0.25, -0.2) is 4.79 Å². The number of esters is 1. The van der Waals surface area contributed by atoms with Gasteiger partial charge >= 0.3 is 5.97 Å². The number of fused-ring (bicyclic) bond motifs is 7. The zero-order valence-corrected chi connectivity index (χ0v) is 25.7. The highest BCUT2D eigenvalue weighted by Crippen LogP contribution is 2.70. The lowest BCUT2D eigenvalue weighted by molar-refractivity contribution is -0.272. The Hall–Kier alpha value is -1.07. The Balaban J connectivity index is 1.12. The van der Waals surface area contributed by atoms with Crippen molar-refractivity contribution >= 4 is 5.97 Å². The van der Waals surface area contributed by atoms with E-state index in [9.17, 15) is 25.2 Å². The average molecular weight is 593 g/mol. The van der Waals surface area contributed by atoms with Gasteiger partial charge in [0, 0.05) is 18.8 Å². The summed E-state index contributed by atoms with van der Waals surface area (Å²) >= 11 is 0. The van der Waals surface area contributed by atoms with Crippen molar-refractivity contribution in [1.82, 2.24) is 0 Å². The molecule has 9 heteroatoms. The first-order valence-electron chi connectivity index (χ1n) is 16.4. The minimum Gasteiger partial charge on any atom is -0.460 e. The van der Waals surface area contributed by atoms with Crippen LogP contribution in [0.25, 0.3) is 0 Å². The van der Waals surface area contributed by atoms with Gasteiger partial charge in [-0.1, -0.05) is 39.3 Å². The number of ether oxygens (including phenoxy) is 3. The molecule has 0 aromatic heterocycles. The largest absolute Gasteiger partial charge is 0.460 e. The fourth-order valence-electron chi connectivity index (χ4n) is 10.6. The Kier molecular flexibility index (Phi) is 8.16. The first kappa shape index (κ1) is 30.9. The van der Waals surface area contributed by atoms with E-state index in [-0.39, 0.29) is 16.9 Å². The molecule has 2 heterocycles. The SMILES string of the molecule is C[C@@H]1CC[C@@]2(OC1)O[C@H]1C[C@H]3[C@@H]4CC=C5C[C@@H](OC(=O)[C@H](O)[C@@H](O)[C@H](O)[C@H](O)CO)CC[C@]5(C)[C@H]4CC[C@]3(C)[C@H]1[C@@H]2C. The van der Waals surface area contributed by atoms with Gasteiger partial charge in [0.1, 0.15) is 24.4 Å². The summed E-state index contributed by atoms with van der Waals surface area (Å²) in [6.07, 6.45) is 3.60. The predicted octanol–water partition coefficient (Wildman–Crippen LogP) is 2.70. The van der Waals surface area contributed by atoms with Crippen molar-refractivity contribution in [1.29, 1.82) is 0 Å². The lowest BCUT2D eigenvalue weighted by atomic mass is 9.47. The second kappa shape index (κ2) is 11.1. The molecule has 4 aliphatic carbocycles. The molecule has 0 amide bonds. The van der Waals surface area contributed by atoms with Crippen LogP contribution in [0, 0.1) is 46.3 Å². The molecule has 42 heavy (non-hydrogen) atoms. The van der Waals surface area contributed by atoms with Gasteiger partial charge in [-0.2, -0.15) is 0 Å². The number of carbonyl (C=O) groups is 1. The summed E-state index contributed by atoms with van der Waals surface area (Å²) in [5.74, 6) is 1.92. The van der Waals surface area contributed by atoms with Crippen LogP contribution in [0.5, 0.6) is 0 Å². The van der Waals surface area contributed by atoms with E-state index in [2.05, 4.69) is 33.8 Å². The molecule has 0 aromatic rings. The van der Waals surface area contributed by atoms with Crippen molar-refractivity contribution in [2.75, 3.05) is 13.2 Å².